The molecule has 2 unspecified atom stereocenters. The summed E-state index contributed by atoms with van der Waals surface area (Å²) >= 11 is 0. The van der Waals surface area contributed by atoms with E-state index in [0.29, 0.717) is 25.9 Å². The molecule has 1 amide bonds. The molecule has 0 aliphatic carbocycles. The van der Waals surface area contributed by atoms with Crippen LogP contribution in [0.1, 0.15) is 476 Å². The van der Waals surface area contributed by atoms with Gasteiger partial charge in [0, 0.05) is 12.8 Å². The summed E-state index contributed by atoms with van der Waals surface area (Å²) in [6.45, 7) is 4.96. The summed E-state index contributed by atoms with van der Waals surface area (Å²) in [5, 5.41) is 23.5. The van der Waals surface area contributed by atoms with Crippen LogP contribution in [-0.2, 0) is 14.3 Å². The molecule has 0 spiro atoms. The molecule has 0 aliphatic rings. The fraction of sp³-hybridized carbons (Fsp3) is 0.907. The second-order valence-corrected chi connectivity index (χ2v) is 29.2. The summed E-state index contributed by atoms with van der Waals surface area (Å²) in [6.07, 6.45) is 107. The summed E-state index contributed by atoms with van der Waals surface area (Å²) in [5.74, 6) is -0.0176. The zero-order chi connectivity index (χ0) is 66.3. The van der Waals surface area contributed by atoms with Crippen LogP contribution in [-0.4, -0.2) is 47.4 Å². The van der Waals surface area contributed by atoms with Gasteiger partial charge in [-0.05, 0) is 77.0 Å². The maximum absolute atomic E-state index is 12.6. The lowest BCUT2D eigenvalue weighted by molar-refractivity contribution is -0.143. The molecular formula is C86H165NO5. The third-order valence-corrected chi connectivity index (χ3v) is 19.9. The molecule has 0 rings (SSSR count). The highest BCUT2D eigenvalue weighted by molar-refractivity contribution is 5.76. The Hall–Kier alpha value is -1.92. The number of aliphatic hydroxyl groups is 2. The van der Waals surface area contributed by atoms with Gasteiger partial charge in [-0.25, -0.2) is 0 Å². The number of hydrogen-bond acceptors (Lipinski definition) is 5. The second-order valence-electron chi connectivity index (χ2n) is 29.2. The van der Waals surface area contributed by atoms with Gasteiger partial charge in [0.2, 0.25) is 5.91 Å². The van der Waals surface area contributed by atoms with Crippen molar-refractivity contribution in [2.45, 2.75) is 488 Å². The number of allylic oxidation sites excluding steroid dienone is 6. The molecule has 0 aromatic carbocycles. The summed E-state index contributed by atoms with van der Waals surface area (Å²) in [5.41, 5.74) is 0. The minimum atomic E-state index is -0.663. The van der Waals surface area contributed by atoms with Crippen LogP contribution in [0, 0.1) is 0 Å². The van der Waals surface area contributed by atoms with Crippen LogP contribution in [0.3, 0.4) is 0 Å². The molecule has 2 atom stereocenters. The third-order valence-electron chi connectivity index (χ3n) is 19.9. The van der Waals surface area contributed by atoms with Gasteiger partial charge in [-0.3, -0.25) is 9.59 Å². The van der Waals surface area contributed by atoms with Crippen molar-refractivity contribution < 1.29 is 24.5 Å². The standard InChI is InChI=1S/C86H165NO5/c1-3-5-7-9-11-13-15-17-19-20-21-22-23-39-42-45-48-51-54-58-62-66-70-74-78-84(89)83(82-88)87-85(90)79-75-71-67-63-59-55-52-49-46-43-40-37-35-33-31-29-27-25-24-26-28-30-32-34-36-38-41-44-47-50-53-57-61-65-69-73-77-81-92-86(91)80-76-72-68-64-60-56-18-16-14-12-10-8-6-4-2/h10,12,16,18,24,26,83-84,88-89H,3-9,11,13-15,17,19-23,25,27-82H2,1-2H3,(H,87,90)/b12-10-,18-16-,26-24-. The van der Waals surface area contributed by atoms with Gasteiger partial charge < -0.3 is 20.3 Å². The van der Waals surface area contributed by atoms with E-state index in [2.05, 4.69) is 55.6 Å². The molecule has 3 N–H and O–H groups in total. The van der Waals surface area contributed by atoms with E-state index in [9.17, 15) is 19.8 Å². The van der Waals surface area contributed by atoms with Gasteiger partial charge in [0.25, 0.3) is 0 Å². The first-order valence-corrected chi connectivity index (χ1v) is 42.2. The van der Waals surface area contributed by atoms with E-state index in [-0.39, 0.29) is 18.5 Å². The Morgan fingerprint density at radius 2 is 0.554 bits per heavy atom. The lowest BCUT2D eigenvalue weighted by Gasteiger charge is -2.22. The molecule has 0 heterocycles. The molecule has 0 bridgehead atoms. The van der Waals surface area contributed by atoms with Crippen molar-refractivity contribution >= 4 is 11.9 Å². The fourth-order valence-corrected chi connectivity index (χ4v) is 13.5. The number of ether oxygens (including phenoxy) is 1. The molecule has 0 aliphatic heterocycles. The normalized spacial score (nSPS) is 12.6. The van der Waals surface area contributed by atoms with Crippen LogP contribution in [0.15, 0.2) is 36.5 Å². The van der Waals surface area contributed by atoms with Gasteiger partial charge in [-0.1, -0.05) is 423 Å². The Bertz CT molecular complexity index is 1490. The first-order chi connectivity index (χ1) is 45.5. The number of aliphatic hydroxyl groups excluding tert-OH is 2. The lowest BCUT2D eigenvalue weighted by Crippen LogP contribution is -2.45. The Balaban J connectivity index is 3.34. The molecule has 0 radical (unpaired) electrons. The molecule has 544 valence electrons. The first kappa shape index (κ1) is 90.1. The fourth-order valence-electron chi connectivity index (χ4n) is 13.5. The van der Waals surface area contributed by atoms with Crippen LogP contribution in [0.2, 0.25) is 0 Å². The summed E-state index contributed by atoms with van der Waals surface area (Å²) in [7, 11) is 0. The van der Waals surface area contributed by atoms with Crippen molar-refractivity contribution in [3.63, 3.8) is 0 Å². The number of esters is 1. The van der Waals surface area contributed by atoms with Crippen LogP contribution >= 0.6 is 0 Å². The summed E-state index contributed by atoms with van der Waals surface area (Å²) in [4.78, 5) is 24.7. The molecule has 0 aromatic heterocycles. The number of amides is 1. The molecule has 6 nitrogen and oxygen atoms in total. The van der Waals surface area contributed by atoms with Crippen molar-refractivity contribution in [3.8, 4) is 0 Å². The van der Waals surface area contributed by atoms with Gasteiger partial charge in [0.05, 0.1) is 25.4 Å². The van der Waals surface area contributed by atoms with E-state index >= 15 is 0 Å². The van der Waals surface area contributed by atoms with Crippen LogP contribution in [0.25, 0.3) is 0 Å². The van der Waals surface area contributed by atoms with Crippen LogP contribution < -0.4 is 5.32 Å². The van der Waals surface area contributed by atoms with Crippen LogP contribution in [0.4, 0.5) is 0 Å². The number of carbonyl (C=O) groups excluding carboxylic acids is 2. The van der Waals surface area contributed by atoms with Crippen molar-refractivity contribution in [3.05, 3.63) is 36.5 Å². The molecule has 0 saturated carbocycles. The molecule has 0 aromatic rings. The van der Waals surface area contributed by atoms with Gasteiger partial charge in [0.15, 0.2) is 0 Å². The van der Waals surface area contributed by atoms with E-state index in [1.54, 1.807) is 0 Å². The topological polar surface area (TPSA) is 95.9 Å². The Labute approximate surface area is 576 Å². The van der Waals surface area contributed by atoms with Gasteiger partial charge in [0.1, 0.15) is 0 Å². The number of unbranched alkanes of at least 4 members (excludes halogenated alkanes) is 63. The number of rotatable bonds is 80. The second kappa shape index (κ2) is 81.5. The highest BCUT2D eigenvalue weighted by Crippen LogP contribution is 2.20. The zero-order valence-corrected chi connectivity index (χ0v) is 62.6. The van der Waals surface area contributed by atoms with Gasteiger partial charge in [-0.15, -0.1) is 0 Å². The number of carbonyl (C=O) groups is 2. The molecule has 0 fully saturated rings. The SMILES string of the molecule is CCCC/C=C\C/C=C\CCCCCCCC(=O)OCCCCCCCCCCCCCCCCCC/C=C\CCCCCCCCCCCCCCCCCCCC(=O)NC(CO)C(O)CCCCCCCCCCCCCCCCCCCCCCCCCC. The first-order valence-electron chi connectivity index (χ1n) is 42.2. The summed E-state index contributed by atoms with van der Waals surface area (Å²) < 4.78 is 5.49. The average molecular weight is 1290 g/mol. The molecule has 92 heavy (non-hydrogen) atoms. The monoisotopic (exact) mass is 1290 g/mol. The molecular weight excluding hydrogens is 1130 g/mol. The van der Waals surface area contributed by atoms with Crippen molar-refractivity contribution in [2.75, 3.05) is 13.2 Å². The molecule has 6 heteroatoms. The van der Waals surface area contributed by atoms with E-state index in [1.165, 1.54) is 392 Å². The zero-order valence-electron chi connectivity index (χ0n) is 62.6. The predicted molar refractivity (Wildman–Crippen MR) is 407 cm³/mol. The number of nitrogens with one attached hydrogen (secondary N) is 1. The number of hydrogen-bond donors (Lipinski definition) is 3. The van der Waals surface area contributed by atoms with Crippen molar-refractivity contribution in [1.82, 2.24) is 5.32 Å². The van der Waals surface area contributed by atoms with E-state index in [0.717, 1.165) is 51.4 Å². The van der Waals surface area contributed by atoms with E-state index < -0.39 is 12.1 Å². The van der Waals surface area contributed by atoms with Gasteiger partial charge in [-0.2, -0.15) is 0 Å². The Morgan fingerprint density at radius 1 is 0.304 bits per heavy atom. The van der Waals surface area contributed by atoms with Crippen molar-refractivity contribution in [2.24, 2.45) is 0 Å². The average Bonchev–Trinajstić information content (AvgIpc) is 3.66. The minimum Gasteiger partial charge on any atom is -0.466 e. The highest BCUT2D eigenvalue weighted by Gasteiger charge is 2.20. The smallest absolute Gasteiger partial charge is 0.305 e. The van der Waals surface area contributed by atoms with Crippen molar-refractivity contribution in [1.29, 1.82) is 0 Å². The minimum absolute atomic E-state index is 0.00749. The van der Waals surface area contributed by atoms with E-state index in [4.69, 9.17) is 4.74 Å². The van der Waals surface area contributed by atoms with E-state index in [1.807, 2.05) is 0 Å². The third kappa shape index (κ3) is 77.1. The Kier molecular flexibility index (Phi) is 79.8. The Morgan fingerprint density at radius 3 is 0.870 bits per heavy atom. The quantitative estimate of drug-likeness (QED) is 0.0320. The summed E-state index contributed by atoms with van der Waals surface area (Å²) in [6, 6.07) is -0.540. The van der Waals surface area contributed by atoms with Gasteiger partial charge >= 0.3 is 5.97 Å². The largest absolute Gasteiger partial charge is 0.466 e. The maximum atomic E-state index is 12.6. The maximum Gasteiger partial charge on any atom is 0.305 e. The lowest BCUT2D eigenvalue weighted by atomic mass is 10.0. The highest BCUT2D eigenvalue weighted by atomic mass is 16.5. The predicted octanol–water partition coefficient (Wildman–Crippen LogP) is 28.2. The molecule has 0 saturated heterocycles. The van der Waals surface area contributed by atoms with Crippen LogP contribution in [0.5, 0.6) is 0 Å².